The second-order valence-electron chi connectivity index (χ2n) is 8.62. The van der Waals surface area contributed by atoms with E-state index in [9.17, 15) is 14.4 Å². The summed E-state index contributed by atoms with van der Waals surface area (Å²) in [6.07, 6.45) is 2.52. The van der Waals surface area contributed by atoms with Crippen LogP contribution >= 0.6 is 24.0 Å². The number of thioether (sulfide) groups is 1. The van der Waals surface area contributed by atoms with E-state index in [0.717, 1.165) is 30.2 Å². The molecule has 2 aromatic carbocycles. The van der Waals surface area contributed by atoms with Crippen molar-refractivity contribution in [2.24, 2.45) is 0 Å². The summed E-state index contributed by atoms with van der Waals surface area (Å²) in [5.41, 5.74) is 2.70. The number of ether oxygens (including phenoxy) is 1. The Kier molecular flexibility index (Phi) is 6.99. The minimum atomic E-state index is -0.359. The highest BCUT2D eigenvalue weighted by Crippen LogP contribution is 2.44. The van der Waals surface area contributed by atoms with Gasteiger partial charge in [-0.25, -0.2) is 0 Å². The van der Waals surface area contributed by atoms with Gasteiger partial charge in [-0.05, 0) is 30.9 Å². The van der Waals surface area contributed by atoms with Crippen LogP contribution in [0.25, 0.3) is 5.57 Å². The van der Waals surface area contributed by atoms with Crippen molar-refractivity contribution in [1.82, 2.24) is 10.2 Å². The minimum absolute atomic E-state index is 0.0375. The number of nitrogens with zero attached hydrogens (tertiary/aromatic N) is 2. The van der Waals surface area contributed by atoms with Gasteiger partial charge in [0, 0.05) is 18.7 Å². The van der Waals surface area contributed by atoms with Crippen LogP contribution in [0.4, 0.5) is 5.69 Å². The monoisotopic (exact) mass is 507 g/mol. The Balaban J connectivity index is 1.32. The van der Waals surface area contributed by atoms with E-state index in [1.807, 2.05) is 48.5 Å². The maximum atomic E-state index is 13.5. The summed E-state index contributed by atoms with van der Waals surface area (Å²) in [6.45, 7) is 1.44. The molecule has 9 heteroatoms. The zero-order chi connectivity index (χ0) is 24.4. The zero-order valence-electron chi connectivity index (χ0n) is 19.1. The average molecular weight is 508 g/mol. The van der Waals surface area contributed by atoms with Gasteiger partial charge in [-0.1, -0.05) is 72.5 Å². The fourth-order valence-electron chi connectivity index (χ4n) is 4.55. The standard InChI is InChI=1S/C26H25N3O4S2/c30-21(27-13-12-17-7-2-1-3-8-17)16-28-20-11-5-4-10-19(20)22(24(28)31)23-25(32)29(26(34)35-23)15-18-9-6-14-33-18/h1-5,7-8,10-11,18H,6,9,12-16H2,(H,27,30)/b23-22-/t18-/m1/s1. The second-order valence-corrected chi connectivity index (χ2v) is 10.3. The molecule has 7 nitrogen and oxygen atoms in total. The van der Waals surface area contributed by atoms with Crippen molar-refractivity contribution in [2.75, 3.05) is 31.1 Å². The van der Waals surface area contributed by atoms with Gasteiger partial charge in [0.05, 0.1) is 28.8 Å². The molecule has 3 amide bonds. The molecule has 3 heterocycles. The van der Waals surface area contributed by atoms with E-state index in [1.165, 1.54) is 9.80 Å². The van der Waals surface area contributed by atoms with E-state index in [1.54, 1.807) is 6.07 Å². The number of hydrogen-bond acceptors (Lipinski definition) is 6. The Morgan fingerprint density at radius 3 is 2.60 bits per heavy atom. The number of carbonyl (C=O) groups is 3. The van der Waals surface area contributed by atoms with Crippen LogP contribution in [0.5, 0.6) is 0 Å². The summed E-state index contributed by atoms with van der Waals surface area (Å²) in [7, 11) is 0. The smallest absolute Gasteiger partial charge is 0.267 e. The molecular formula is C26H25N3O4S2. The van der Waals surface area contributed by atoms with E-state index >= 15 is 0 Å². The van der Waals surface area contributed by atoms with Crippen molar-refractivity contribution in [1.29, 1.82) is 0 Å². The number of para-hydroxylation sites is 1. The first kappa shape index (κ1) is 23.7. The molecule has 180 valence electrons. The molecule has 0 bridgehead atoms. The van der Waals surface area contributed by atoms with Gasteiger partial charge in [-0.3, -0.25) is 24.2 Å². The van der Waals surface area contributed by atoms with Crippen LogP contribution in [0.15, 0.2) is 59.5 Å². The third-order valence-electron chi connectivity index (χ3n) is 6.29. The quantitative estimate of drug-likeness (QED) is 0.458. The van der Waals surface area contributed by atoms with Crippen molar-refractivity contribution in [2.45, 2.75) is 25.4 Å². The first-order chi connectivity index (χ1) is 17.0. The van der Waals surface area contributed by atoms with Gasteiger partial charge in [0.1, 0.15) is 10.9 Å². The molecule has 5 rings (SSSR count). The summed E-state index contributed by atoms with van der Waals surface area (Å²) >= 11 is 6.62. The minimum Gasteiger partial charge on any atom is -0.376 e. The number of rotatable bonds is 7. The van der Waals surface area contributed by atoms with Gasteiger partial charge in [-0.2, -0.15) is 0 Å². The molecular weight excluding hydrogens is 482 g/mol. The van der Waals surface area contributed by atoms with Crippen LogP contribution in [-0.4, -0.2) is 59.3 Å². The predicted octanol–water partition coefficient (Wildman–Crippen LogP) is 3.14. The van der Waals surface area contributed by atoms with Gasteiger partial charge in [0.15, 0.2) is 0 Å². The Bertz CT molecular complexity index is 1210. The third kappa shape index (κ3) is 4.89. The molecule has 3 aliphatic rings. The van der Waals surface area contributed by atoms with Gasteiger partial charge in [0.25, 0.3) is 11.8 Å². The molecule has 35 heavy (non-hydrogen) atoms. The van der Waals surface area contributed by atoms with Crippen LogP contribution in [0.1, 0.15) is 24.0 Å². The van der Waals surface area contributed by atoms with Crippen molar-refractivity contribution >= 4 is 57.3 Å². The maximum absolute atomic E-state index is 13.5. The van der Waals surface area contributed by atoms with E-state index in [0.29, 0.717) is 52.2 Å². The third-order valence-corrected chi connectivity index (χ3v) is 7.74. The largest absolute Gasteiger partial charge is 0.376 e. The summed E-state index contributed by atoms with van der Waals surface area (Å²) < 4.78 is 6.10. The topological polar surface area (TPSA) is 79.0 Å². The molecule has 1 atom stereocenters. The highest BCUT2D eigenvalue weighted by Gasteiger charge is 2.43. The Labute approximate surface area is 213 Å². The molecule has 2 saturated heterocycles. The number of benzene rings is 2. The Hall–Kier alpha value is -3.01. The Morgan fingerprint density at radius 1 is 1.06 bits per heavy atom. The highest BCUT2D eigenvalue weighted by atomic mass is 32.2. The summed E-state index contributed by atoms with van der Waals surface area (Å²) in [4.78, 5) is 42.8. The predicted molar refractivity (Wildman–Crippen MR) is 140 cm³/mol. The van der Waals surface area contributed by atoms with Crippen LogP contribution < -0.4 is 10.2 Å². The number of amides is 3. The van der Waals surface area contributed by atoms with E-state index < -0.39 is 0 Å². The first-order valence-corrected chi connectivity index (χ1v) is 12.9. The molecule has 2 aromatic rings. The Morgan fingerprint density at radius 2 is 1.83 bits per heavy atom. The molecule has 0 aromatic heterocycles. The molecule has 2 fully saturated rings. The average Bonchev–Trinajstić information content (AvgIpc) is 3.54. The fraction of sp³-hybridized carbons (Fsp3) is 0.308. The summed E-state index contributed by atoms with van der Waals surface area (Å²) in [5, 5.41) is 2.89. The number of nitrogens with one attached hydrogen (secondary N) is 1. The van der Waals surface area contributed by atoms with Crippen molar-refractivity contribution in [3.63, 3.8) is 0 Å². The van der Waals surface area contributed by atoms with Crippen LogP contribution in [-0.2, 0) is 25.5 Å². The molecule has 0 saturated carbocycles. The van der Waals surface area contributed by atoms with Gasteiger partial charge < -0.3 is 10.1 Å². The molecule has 0 unspecified atom stereocenters. The summed E-state index contributed by atoms with van der Waals surface area (Å²) in [5.74, 6) is -0.888. The van der Waals surface area contributed by atoms with E-state index in [-0.39, 0.29) is 30.4 Å². The zero-order valence-corrected chi connectivity index (χ0v) is 20.7. The number of carbonyl (C=O) groups excluding carboxylic acids is 3. The maximum Gasteiger partial charge on any atom is 0.267 e. The highest BCUT2D eigenvalue weighted by molar-refractivity contribution is 8.26. The lowest BCUT2D eigenvalue weighted by molar-refractivity contribution is -0.123. The van der Waals surface area contributed by atoms with E-state index in [4.69, 9.17) is 17.0 Å². The fourth-order valence-corrected chi connectivity index (χ4v) is 5.89. The van der Waals surface area contributed by atoms with Crippen molar-refractivity contribution in [3.8, 4) is 0 Å². The summed E-state index contributed by atoms with van der Waals surface area (Å²) in [6, 6.07) is 17.1. The lowest BCUT2D eigenvalue weighted by atomic mass is 10.1. The van der Waals surface area contributed by atoms with Crippen LogP contribution in [0.3, 0.4) is 0 Å². The lowest BCUT2D eigenvalue weighted by Crippen LogP contribution is -2.39. The van der Waals surface area contributed by atoms with Crippen molar-refractivity contribution < 1.29 is 19.1 Å². The number of anilines is 1. The SMILES string of the molecule is O=C(CN1C(=O)/C(=C2\SC(=S)N(C[C@H]3CCCO3)C2=O)c2ccccc21)NCCc1ccccc1. The molecule has 0 radical (unpaired) electrons. The van der Waals surface area contributed by atoms with Gasteiger partial charge in [-0.15, -0.1) is 0 Å². The van der Waals surface area contributed by atoms with Crippen LogP contribution in [0.2, 0.25) is 0 Å². The molecule has 0 spiro atoms. The molecule has 0 aliphatic carbocycles. The number of thiocarbonyl (C=S) groups is 1. The van der Waals surface area contributed by atoms with Gasteiger partial charge >= 0.3 is 0 Å². The number of hydrogen-bond donors (Lipinski definition) is 1. The normalized spacial score (nSPS) is 21.7. The second kappa shape index (κ2) is 10.3. The van der Waals surface area contributed by atoms with Crippen molar-refractivity contribution in [3.05, 3.63) is 70.6 Å². The first-order valence-electron chi connectivity index (χ1n) is 11.6. The number of fused-ring (bicyclic) bond motifs is 1. The van der Waals surface area contributed by atoms with E-state index in [2.05, 4.69) is 5.32 Å². The van der Waals surface area contributed by atoms with Crippen LogP contribution in [0, 0.1) is 0 Å². The lowest BCUT2D eigenvalue weighted by Gasteiger charge is -2.18. The molecule has 1 N–H and O–H groups in total. The van der Waals surface area contributed by atoms with Gasteiger partial charge in [0.2, 0.25) is 5.91 Å². The molecule has 3 aliphatic heterocycles.